The predicted molar refractivity (Wildman–Crippen MR) is 73.8 cm³/mol. The van der Waals surface area contributed by atoms with Crippen LogP contribution < -0.4 is 0 Å². The standard InChI is InChI=1S/C14H14F3N5O/c15-14(16,17)11-2-1-5-21(7-11)13(23)10-3-4-19-12(6-10)22-9-18-8-20-22/h3-4,6,8-9,11H,1-2,5,7H2. The van der Waals surface area contributed by atoms with E-state index in [2.05, 4.69) is 15.1 Å². The Labute approximate surface area is 130 Å². The van der Waals surface area contributed by atoms with Crippen LogP contribution in [0.15, 0.2) is 31.0 Å². The summed E-state index contributed by atoms with van der Waals surface area (Å²) < 4.78 is 40.0. The Morgan fingerprint density at radius 3 is 2.87 bits per heavy atom. The van der Waals surface area contributed by atoms with Crippen molar-refractivity contribution < 1.29 is 18.0 Å². The molecule has 1 aliphatic heterocycles. The molecule has 0 saturated carbocycles. The summed E-state index contributed by atoms with van der Waals surface area (Å²) >= 11 is 0. The molecule has 0 bridgehead atoms. The first-order valence-corrected chi connectivity index (χ1v) is 7.12. The smallest absolute Gasteiger partial charge is 0.338 e. The van der Waals surface area contributed by atoms with Crippen LogP contribution in [0.3, 0.4) is 0 Å². The molecule has 0 aromatic carbocycles. The third-order valence-corrected chi connectivity index (χ3v) is 3.82. The van der Waals surface area contributed by atoms with Crippen LogP contribution in [0.5, 0.6) is 0 Å². The number of piperidine rings is 1. The van der Waals surface area contributed by atoms with Gasteiger partial charge in [-0.15, -0.1) is 0 Å². The fourth-order valence-electron chi connectivity index (χ4n) is 2.61. The second-order valence-corrected chi connectivity index (χ2v) is 5.37. The minimum Gasteiger partial charge on any atom is -0.338 e. The van der Waals surface area contributed by atoms with Gasteiger partial charge < -0.3 is 4.90 Å². The monoisotopic (exact) mass is 325 g/mol. The number of pyridine rings is 1. The third kappa shape index (κ3) is 3.33. The van der Waals surface area contributed by atoms with Gasteiger partial charge >= 0.3 is 6.18 Å². The quantitative estimate of drug-likeness (QED) is 0.848. The van der Waals surface area contributed by atoms with E-state index in [-0.39, 0.29) is 18.5 Å². The van der Waals surface area contributed by atoms with Crippen LogP contribution in [0.4, 0.5) is 13.2 Å². The highest BCUT2D eigenvalue weighted by molar-refractivity contribution is 5.94. The molecule has 1 atom stereocenters. The zero-order valence-electron chi connectivity index (χ0n) is 12.1. The predicted octanol–water partition coefficient (Wildman–Crippen LogP) is 2.08. The molecular weight excluding hydrogens is 311 g/mol. The number of hydrogen-bond acceptors (Lipinski definition) is 4. The summed E-state index contributed by atoms with van der Waals surface area (Å²) in [5, 5.41) is 3.91. The van der Waals surface area contributed by atoms with E-state index in [9.17, 15) is 18.0 Å². The van der Waals surface area contributed by atoms with Crippen LogP contribution in [0, 0.1) is 5.92 Å². The molecule has 1 aliphatic rings. The maximum Gasteiger partial charge on any atom is 0.393 e. The average Bonchev–Trinajstić information content (AvgIpc) is 3.08. The Bertz CT molecular complexity index is 686. The van der Waals surface area contributed by atoms with E-state index >= 15 is 0 Å². The minimum atomic E-state index is -4.27. The number of nitrogens with zero attached hydrogens (tertiary/aromatic N) is 5. The van der Waals surface area contributed by atoms with Crippen molar-refractivity contribution in [3.63, 3.8) is 0 Å². The maximum absolute atomic E-state index is 12.9. The minimum absolute atomic E-state index is 0.0633. The van der Waals surface area contributed by atoms with Crippen molar-refractivity contribution in [2.45, 2.75) is 19.0 Å². The van der Waals surface area contributed by atoms with E-state index in [1.54, 1.807) is 0 Å². The summed E-state index contributed by atoms with van der Waals surface area (Å²) in [5.41, 5.74) is 0.285. The van der Waals surface area contributed by atoms with Gasteiger partial charge in [0.1, 0.15) is 12.7 Å². The molecule has 2 aromatic heterocycles. The molecule has 9 heteroatoms. The van der Waals surface area contributed by atoms with Crippen molar-refractivity contribution in [2.75, 3.05) is 13.1 Å². The molecule has 23 heavy (non-hydrogen) atoms. The van der Waals surface area contributed by atoms with Crippen LogP contribution in [-0.2, 0) is 0 Å². The summed E-state index contributed by atoms with van der Waals surface area (Å²) in [5.74, 6) is -1.50. The van der Waals surface area contributed by atoms with Crippen LogP contribution in [0.25, 0.3) is 5.82 Å². The summed E-state index contributed by atoms with van der Waals surface area (Å²) in [6, 6.07) is 2.98. The molecule has 0 spiro atoms. The van der Waals surface area contributed by atoms with Gasteiger partial charge in [-0.25, -0.2) is 14.6 Å². The lowest BCUT2D eigenvalue weighted by atomic mass is 9.97. The van der Waals surface area contributed by atoms with Crippen molar-refractivity contribution in [3.8, 4) is 5.82 Å². The van der Waals surface area contributed by atoms with Crippen LogP contribution >= 0.6 is 0 Å². The highest BCUT2D eigenvalue weighted by Crippen LogP contribution is 2.33. The molecule has 1 saturated heterocycles. The highest BCUT2D eigenvalue weighted by Gasteiger charge is 2.42. The first kappa shape index (κ1) is 15.4. The van der Waals surface area contributed by atoms with Crippen molar-refractivity contribution in [2.24, 2.45) is 5.92 Å². The van der Waals surface area contributed by atoms with Crippen LogP contribution in [0.1, 0.15) is 23.2 Å². The molecule has 6 nitrogen and oxygen atoms in total. The first-order valence-electron chi connectivity index (χ1n) is 7.12. The van der Waals surface area contributed by atoms with E-state index < -0.39 is 18.0 Å². The normalized spacial score (nSPS) is 18.9. The lowest BCUT2D eigenvalue weighted by Crippen LogP contribution is -2.44. The van der Waals surface area contributed by atoms with Gasteiger partial charge in [0.25, 0.3) is 5.91 Å². The largest absolute Gasteiger partial charge is 0.393 e. The zero-order chi connectivity index (χ0) is 16.4. The Hall–Kier alpha value is -2.45. The number of halogens is 3. The molecule has 0 radical (unpaired) electrons. The zero-order valence-corrected chi connectivity index (χ0v) is 12.1. The SMILES string of the molecule is O=C(c1ccnc(-n2cncn2)c1)N1CCCC(C(F)(F)F)C1. The maximum atomic E-state index is 12.9. The average molecular weight is 325 g/mol. The molecule has 3 heterocycles. The number of likely N-dealkylation sites (tertiary alicyclic amines) is 1. The van der Waals surface area contributed by atoms with Crippen molar-refractivity contribution in [1.29, 1.82) is 0 Å². The molecule has 1 amide bonds. The second-order valence-electron chi connectivity index (χ2n) is 5.37. The van der Waals surface area contributed by atoms with Gasteiger partial charge in [-0.05, 0) is 25.0 Å². The van der Waals surface area contributed by atoms with Crippen LogP contribution in [0.2, 0.25) is 0 Å². The number of carbonyl (C=O) groups is 1. The highest BCUT2D eigenvalue weighted by atomic mass is 19.4. The van der Waals surface area contributed by atoms with Crippen molar-refractivity contribution >= 4 is 5.91 Å². The molecule has 1 fully saturated rings. The van der Waals surface area contributed by atoms with Gasteiger partial charge in [0.2, 0.25) is 0 Å². The molecule has 3 rings (SSSR count). The molecular formula is C14H14F3N5O. The molecule has 0 N–H and O–H groups in total. The third-order valence-electron chi connectivity index (χ3n) is 3.82. The van der Waals surface area contributed by atoms with Crippen LogP contribution in [-0.4, -0.2) is 49.8 Å². The molecule has 0 aliphatic carbocycles. The lowest BCUT2D eigenvalue weighted by Gasteiger charge is -2.33. The van der Waals surface area contributed by atoms with E-state index in [0.29, 0.717) is 18.8 Å². The van der Waals surface area contributed by atoms with Gasteiger partial charge in [-0.1, -0.05) is 0 Å². The van der Waals surface area contributed by atoms with Gasteiger partial charge in [0, 0.05) is 24.8 Å². The Morgan fingerprint density at radius 1 is 1.35 bits per heavy atom. The number of rotatable bonds is 2. The van der Waals surface area contributed by atoms with E-state index in [1.165, 1.54) is 40.6 Å². The molecule has 2 aromatic rings. The van der Waals surface area contributed by atoms with Gasteiger partial charge in [-0.2, -0.15) is 18.3 Å². The molecule has 122 valence electrons. The Morgan fingerprint density at radius 2 is 2.17 bits per heavy atom. The number of hydrogen-bond donors (Lipinski definition) is 0. The number of amides is 1. The van der Waals surface area contributed by atoms with Crippen molar-refractivity contribution in [3.05, 3.63) is 36.5 Å². The fraction of sp³-hybridized carbons (Fsp3) is 0.429. The fourth-order valence-corrected chi connectivity index (χ4v) is 2.61. The van der Waals surface area contributed by atoms with Gasteiger partial charge in [0.05, 0.1) is 5.92 Å². The van der Waals surface area contributed by atoms with E-state index in [0.717, 1.165) is 0 Å². The number of aromatic nitrogens is 4. The van der Waals surface area contributed by atoms with Gasteiger partial charge in [0.15, 0.2) is 5.82 Å². The van der Waals surface area contributed by atoms with E-state index in [4.69, 9.17) is 0 Å². The summed E-state index contributed by atoms with van der Waals surface area (Å²) in [6.45, 7) is 0.0235. The number of carbonyl (C=O) groups excluding carboxylic acids is 1. The molecule has 1 unspecified atom stereocenters. The number of alkyl halides is 3. The summed E-state index contributed by atoms with van der Waals surface area (Å²) in [6.07, 6.45) is 0.315. The summed E-state index contributed by atoms with van der Waals surface area (Å²) in [4.78, 5) is 21.6. The first-order chi connectivity index (χ1) is 10.9. The Kier molecular flexibility index (Phi) is 4.01. The summed E-state index contributed by atoms with van der Waals surface area (Å²) in [7, 11) is 0. The topological polar surface area (TPSA) is 63.9 Å². The Balaban J connectivity index is 1.79. The lowest BCUT2D eigenvalue weighted by molar-refractivity contribution is -0.184. The van der Waals surface area contributed by atoms with Gasteiger partial charge in [-0.3, -0.25) is 4.79 Å². The van der Waals surface area contributed by atoms with E-state index in [1.807, 2.05) is 0 Å². The van der Waals surface area contributed by atoms with Crippen molar-refractivity contribution in [1.82, 2.24) is 24.6 Å². The second kappa shape index (κ2) is 5.98.